The molecule has 1 aliphatic heterocycles. The van der Waals surface area contributed by atoms with Crippen LogP contribution in [0.15, 0.2) is 18.2 Å². The largest absolute Gasteiger partial charge is 0.385 e. The highest BCUT2D eigenvalue weighted by atomic mass is 32.2. The summed E-state index contributed by atoms with van der Waals surface area (Å²) in [6.45, 7) is 11.9. The van der Waals surface area contributed by atoms with E-state index in [1.54, 1.807) is 13.8 Å². The molecule has 0 aliphatic carbocycles. The molecule has 2 rings (SSSR count). The lowest BCUT2D eigenvalue weighted by molar-refractivity contribution is -0.119. The fourth-order valence-electron chi connectivity index (χ4n) is 3.39. The fraction of sp³-hybridized carbons (Fsp3) is 0.667. The highest BCUT2D eigenvalue weighted by Gasteiger charge is 2.22. The van der Waals surface area contributed by atoms with E-state index in [4.69, 9.17) is 4.74 Å². The van der Waals surface area contributed by atoms with Crippen LogP contribution in [0.4, 0.5) is 11.4 Å². The Morgan fingerprint density at radius 1 is 1.21 bits per heavy atom. The molecule has 8 heteroatoms. The van der Waals surface area contributed by atoms with E-state index in [-0.39, 0.29) is 18.6 Å². The van der Waals surface area contributed by atoms with Crippen LogP contribution in [0.5, 0.6) is 0 Å². The normalized spacial score (nSPS) is 20.0. The van der Waals surface area contributed by atoms with Crippen LogP contribution in [0, 0.1) is 6.92 Å². The van der Waals surface area contributed by atoms with Gasteiger partial charge in [-0.3, -0.25) is 9.52 Å². The van der Waals surface area contributed by atoms with Crippen molar-refractivity contribution in [3.8, 4) is 0 Å². The van der Waals surface area contributed by atoms with Crippen molar-refractivity contribution in [3.63, 3.8) is 0 Å². The van der Waals surface area contributed by atoms with Gasteiger partial charge in [-0.25, -0.2) is 8.42 Å². The summed E-state index contributed by atoms with van der Waals surface area (Å²) in [4.78, 5) is 14.1. The van der Waals surface area contributed by atoms with Crippen LogP contribution in [-0.4, -0.2) is 51.4 Å². The number of unbranched alkanes of at least 4 members (excludes halogenated alkanes) is 1. The van der Waals surface area contributed by atoms with Crippen LogP contribution in [0.1, 0.15) is 52.5 Å². The molecule has 0 saturated carbocycles. The van der Waals surface area contributed by atoms with Gasteiger partial charge in [0, 0.05) is 37.4 Å². The number of nitrogens with one attached hydrogen (secondary N) is 2. The molecule has 2 N–H and O–H groups in total. The number of benzene rings is 1. The van der Waals surface area contributed by atoms with Crippen LogP contribution in [-0.2, 0) is 19.6 Å². The molecule has 2 unspecified atom stereocenters. The van der Waals surface area contributed by atoms with Crippen LogP contribution in [0.2, 0.25) is 0 Å². The number of sulfonamides is 1. The monoisotopic (exact) mass is 425 g/mol. The molecule has 0 aromatic heterocycles. The zero-order chi connectivity index (χ0) is 21.6. The smallest absolute Gasteiger partial charge is 0.237 e. The number of ether oxygens (including phenoxy) is 1. The van der Waals surface area contributed by atoms with Gasteiger partial charge < -0.3 is 15.0 Å². The van der Waals surface area contributed by atoms with Crippen molar-refractivity contribution < 1.29 is 17.9 Å². The minimum absolute atomic E-state index is 0.207. The molecule has 1 heterocycles. The molecular formula is C21H35N3O4S. The number of hydrogen-bond acceptors (Lipinski definition) is 6. The van der Waals surface area contributed by atoms with E-state index >= 15 is 0 Å². The first-order valence-corrected chi connectivity index (χ1v) is 11.9. The maximum absolute atomic E-state index is 11.8. The predicted octanol–water partition coefficient (Wildman–Crippen LogP) is 3.05. The summed E-state index contributed by atoms with van der Waals surface area (Å²) in [5.74, 6) is -0.437. The van der Waals surface area contributed by atoms with E-state index in [0.29, 0.717) is 6.42 Å². The van der Waals surface area contributed by atoms with Gasteiger partial charge >= 0.3 is 0 Å². The van der Waals surface area contributed by atoms with E-state index in [0.717, 1.165) is 31.7 Å². The summed E-state index contributed by atoms with van der Waals surface area (Å²) < 4.78 is 31.3. The highest BCUT2D eigenvalue weighted by Crippen LogP contribution is 2.25. The maximum Gasteiger partial charge on any atom is 0.237 e. The second-order valence-corrected chi connectivity index (χ2v) is 10.4. The first kappa shape index (κ1) is 23.5. The number of hydrogen-bond donors (Lipinski definition) is 2. The van der Waals surface area contributed by atoms with E-state index in [1.165, 1.54) is 11.3 Å². The zero-order valence-corrected chi connectivity index (χ0v) is 19.0. The summed E-state index contributed by atoms with van der Waals surface area (Å²) >= 11 is 0. The number of carbonyl (C=O) groups is 1. The molecule has 1 saturated heterocycles. The molecule has 7 nitrogen and oxygen atoms in total. The molecule has 1 fully saturated rings. The number of nitrogens with zero attached hydrogens (tertiary/aromatic N) is 1. The van der Waals surface area contributed by atoms with Crippen molar-refractivity contribution in [1.82, 2.24) is 4.72 Å². The standard InChI is InChI=1S/C21H35N3O4S/c1-15(2)29(26,27)23-21(25)8-6-7-11-22-20-10-9-19(12-16(20)3)24-13-17(4)28-18(5)14-24/h9-10,12,15,17-18,22H,6-8,11,13-14H2,1-5H3,(H,23,25). The van der Waals surface area contributed by atoms with Crippen LogP contribution in [0.3, 0.4) is 0 Å². The van der Waals surface area contributed by atoms with Gasteiger partial charge in [0.25, 0.3) is 0 Å². The third-order valence-corrected chi connectivity index (χ3v) is 6.77. The summed E-state index contributed by atoms with van der Waals surface area (Å²) in [5.41, 5.74) is 3.46. The number of anilines is 2. The van der Waals surface area contributed by atoms with Crippen molar-refractivity contribution in [2.24, 2.45) is 0 Å². The Morgan fingerprint density at radius 2 is 1.86 bits per heavy atom. The Kier molecular flexibility index (Phi) is 8.34. The Bertz CT molecular complexity index is 785. The van der Waals surface area contributed by atoms with E-state index in [9.17, 15) is 13.2 Å². The molecule has 1 amide bonds. The average molecular weight is 426 g/mol. The topological polar surface area (TPSA) is 87.7 Å². The van der Waals surface area contributed by atoms with E-state index in [2.05, 4.69) is 53.9 Å². The van der Waals surface area contributed by atoms with Crippen molar-refractivity contribution in [1.29, 1.82) is 0 Å². The summed E-state index contributed by atoms with van der Waals surface area (Å²) in [5, 5.41) is 2.80. The lowest BCUT2D eigenvalue weighted by Gasteiger charge is -2.37. The van der Waals surface area contributed by atoms with Crippen LogP contribution < -0.4 is 14.9 Å². The number of morpholine rings is 1. The molecular weight excluding hydrogens is 390 g/mol. The highest BCUT2D eigenvalue weighted by molar-refractivity contribution is 7.90. The second-order valence-electron chi connectivity index (χ2n) is 8.16. The van der Waals surface area contributed by atoms with Gasteiger partial charge in [0.1, 0.15) is 0 Å². The summed E-state index contributed by atoms with van der Waals surface area (Å²) in [6, 6.07) is 6.42. The Morgan fingerprint density at radius 3 is 2.45 bits per heavy atom. The summed E-state index contributed by atoms with van der Waals surface area (Å²) in [7, 11) is -3.54. The number of rotatable bonds is 9. The number of amides is 1. The van der Waals surface area contributed by atoms with Gasteiger partial charge in [-0.1, -0.05) is 0 Å². The predicted molar refractivity (Wildman–Crippen MR) is 118 cm³/mol. The second kappa shape index (κ2) is 10.3. The van der Waals surface area contributed by atoms with Gasteiger partial charge in [-0.05, 0) is 71.2 Å². The molecule has 29 heavy (non-hydrogen) atoms. The van der Waals surface area contributed by atoms with Gasteiger partial charge in [-0.15, -0.1) is 0 Å². The van der Waals surface area contributed by atoms with Gasteiger partial charge in [0.15, 0.2) is 0 Å². The van der Waals surface area contributed by atoms with Crippen LogP contribution in [0.25, 0.3) is 0 Å². The van der Waals surface area contributed by atoms with E-state index in [1.807, 2.05) is 0 Å². The Labute approximate surface area is 175 Å². The molecule has 0 radical (unpaired) electrons. The molecule has 1 aromatic rings. The molecule has 0 bridgehead atoms. The van der Waals surface area contributed by atoms with E-state index < -0.39 is 21.2 Å². The van der Waals surface area contributed by atoms with Gasteiger partial charge in [0.2, 0.25) is 15.9 Å². The fourth-order valence-corrected chi connectivity index (χ4v) is 4.05. The number of carbonyl (C=O) groups excluding carboxylic acids is 1. The summed E-state index contributed by atoms with van der Waals surface area (Å²) in [6.07, 6.45) is 2.08. The first-order chi connectivity index (χ1) is 13.6. The molecule has 164 valence electrons. The lowest BCUT2D eigenvalue weighted by Crippen LogP contribution is -2.45. The SMILES string of the molecule is Cc1cc(N2CC(C)OC(C)C2)ccc1NCCCCC(=O)NS(=O)(=O)C(C)C. The van der Waals surface area contributed by atoms with Crippen molar-refractivity contribution >= 4 is 27.3 Å². The minimum atomic E-state index is -3.54. The first-order valence-electron chi connectivity index (χ1n) is 10.4. The maximum atomic E-state index is 11.8. The molecule has 2 atom stereocenters. The minimum Gasteiger partial charge on any atom is -0.385 e. The Hall–Kier alpha value is -1.80. The lowest BCUT2D eigenvalue weighted by atomic mass is 10.1. The Balaban J connectivity index is 1.76. The van der Waals surface area contributed by atoms with Gasteiger partial charge in [0.05, 0.1) is 17.5 Å². The zero-order valence-electron chi connectivity index (χ0n) is 18.2. The van der Waals surface area contributed by atoms with Crippen molar-refractivity contribution in [2.75, 3.05) is 29.9 Å². The quantitative estimate of drug-likeness (QED) is 0.591. The van der Waals surface area contributed by atoms with Crippen molar-refractivity contribution in [2.45, 2.75) is 71.3 Å². The average Bonchev–Trinajstić information content (AvgIpc) is 2.61. The van der Waals surface area contributed by atoms with Gasteiger partial charge in [-0.2, -0.15) is 0 Å². The molecule has 1 aromatic carbocycles. The third-order valence-electron chi connectivity index (χ3n) is 5.02. The molecule has 1 aliphatic rings. The van der Waals surface area contributed by atoms with Crippen molar-refractivity contribution in [3.05, 3.63) is 23.8 Å². The third kappa shape index (κ3) is 7.19. The molecule has 0 spiro atoms. The number of aryl methyl sites for hydroxylation is 1. The van der Waals surface area contributed by atoms with Crippen LogP contribution >= 0.6 is 0 Å².